The van der Waals surface area contributed by atoms with Crippen molar-refractivity contribution in [3.05, 3.63) is 56.3 Å². The van der Waals surface area contributed by atoms with E-state index in [4.69, 9.17) is 0 Å². The van der Waals surface area contributed by atoms with Crippen LogP contribution in [0.4, 0.5) is 0 Å². The molecule has 0 bridgehead atoms. The van der Waals surface area contributed by atoms with Crippen LogP contribution in [0.2, 0.25) is 0 Å². The second kappa shape index (κ2) is 9.58. The van der Waals surface area contributed by atoms with Crippen LogP contribution in [-0.4, -0.2) is 20.5 Å². The van der Waals surface area contributed by atoms with Gasteiger partial charge in [0.05, 0.1) is 5.75 Å². The summed E-state index contributed by atoms with van der Waals surface area (Å²) in [6.45, 7) is 14.5. The minimum Gasteiger partial charge on any atom is -0.299 e. The van der Waals surface area contributed by atoms with Gasteiger partial charge in [0.2, 0.25) is 0 Å². The standard InChI is InChI=1S/C26H38O3S2/c1-9-26(10-2,24-16-19(4)22(30-24)17-31(8,28)29)21-13-11-20(18(3)15-21)12-14-23(27)25(5,6)7/h11,13,15-16H,9-10,12,14,17H2,1-8H3. The van der Waals surface area contributed by atoms with Gasteiger partial charge in [-0.05, 0) is 61.4 Å². The molecule has 0 saturated carbocycles. The molecule has 0 aliphatic carbocycles. The maximum Gasteiger partial charge on any atom is 0.152 e. The molecule has 2 rings (SSSR count). The van der Waals surface area contributed by atoms with Gasteiger partial charge in [0.15, 0.2) is 9.84 Å². The highest BCUT2D eigenvalue weighted by molar-refractivity contribution is 7.90. The van der Waals surface area contributed by atoms with Crippen LogP contribution in [0.5, 0.6) is 0 Å². The number of benzene rings is 1. The number of aryl methyl sites for hydroxylation is 3. The molecular weight excluding hydrogens is 424 g/mol. The van der Waals surface area contributed by atoms with Gasteiger partial charge in [-0.3, -0.25) is 4.79 Å². The highest BCUT2D eigenvalue weighted by Gasteiger charge is 2.33. The maximum absolute atomic E-state index is 12.3. The fraction of sp³-hybridized carbons (Fsp3) is 0.577. The third kappa shape index (κ3) is 6.07. The van der Waals surface area contributed by atoms with Crippen molar-refractivity contribution in [1.82, 2.24) is 0 Å². The van der Waals surface area contributed by atoms with Crippen LogP contribution in [0.25, 0.3) is 0 Å². The van der Waals surface area contributed by atoms with Gasteiger partial charge in [-0.25, -0.2) is 8.42 Å². The van der Waals surface area contributed by atoms with E-state index in [1.54, 1.807) is 11.3 Å². The van der Waals surface area contributed by atoms with Crippen molar-refractivity contribution in [3.63, 3.8) is 0 Å². The summed E-state index contributed by atoms with van der Waals surface area (Å²) in [6, 6.07) is 8.85. The quantitative estimate of drug-likeness (QED) is 0.424. The van der Waals surface area contributed by atoms with Crippen LogP contribution in [0, 0.1) is 19.3 Å². The summed E-state index contributed by atoms with van der Waals surface area (Å²) in [6.07, 6.45) is 4.52. The van der Waals surface area contributed by atoms with Crippen LogP contribution >= 0.6 is 11.3 Å². The van der Waals surface area contributed by atoms with Crippen molar-refractivity contribution in [2.75, 3.05) is 6.26 Å². The number of rotatable bonds is 9. The molecule has 172 valence electrons. The van der Waals surface area contributed by atoms with E-state index in [1.165, 1.54) is 27.8 Å². The predicted octanol–water partition coefficient (Wildman–Crippen LogP) is 6.56. The van der Waals surface area contributed by atoms with E-state index >= 15 is 0 Å². The van der Waals surface area contributed by atoms with Crippen molar-refractivity contribution in [3.8, 4) is 0 Å². The predicted molar refractivity (Wildman–Crippen MR) is 133 cm³/mol. The van der Waals surface area contributed by atoms with Crippen LogP contribution in [0.3, 0.4) is 0 Å². The lowest BCUT2D eigenvalue weighted by molar-refractivity contribution is -0.126. The minimum atomic E-state index is -3.06. The van der Waals surface area contributed by atoms with E-state index < -0.39 is 9.84 Å². The smallest absolute Gasteiger partial charge is 0.152 e. The Labute approximate surface area is 193 Å². The van der Waals surface area contributed by atoms with Gasteiger partial charge in [0.1, 0.15) is 5.78 Å². The number of sulfone groups is 1. The fourth-order valence-corrected chi connectivity index (χ4v) is 7.09. The molecular formula is C26H38O3S2. The number of ketones is 1. The van der Waals surface area contributed by atoms with Crippen molar-refractivity contribution < 1.29 is 13.2 Å². The average Bonchev–Trinajstić information content (AvgIpc) is 3.00. The molecule has 0 aliphatic heterocycles. The third-order valence-electron chi connectivity index (χ3n) is 6.45. The van der Waals surface area contributed by atoms with Crippen molar-refractivity contribution in [2.24, 2.45) is 5.41 Å². The lowest BCUT2D eigenvalue weighted by Crippen LogP contribution is -2.25. The van der Waals surface area contributed by atoms with Crippen LogP contribution in [0.15, 0.2) is 24.3 Å². The molecule has 0 aliphatic rings. The monoisotopic (exact) mass is 462 g/mol. The first-order valence-corrected chi connectivity index (χ1v) is 14.0. The summed E-state index contributed by atoms with van der Waals surface area (Å²) >= 11 is 1.64. The molecule has 0 fully saturated rings. The molecule has 2 aromatic rings. The summed E-state index contributed by atoms with van der Waals surface area (Å²) < 4.78 is 23.7. The minimum absolute atomic E-state index is 0.104. The molecule has 31 heavy (non-hydrogen) atoms. The fourth-order valence-electron chi connectivity index (χ4n) is 4.18. The lowest BCUT2D eigenvalue weighted by Gasteiger charge is -2.32. The topological polar surface area (TPSA) is 51.2 Å². The van der Waals surface area contributed by atoms with Gasteiger partial charge in [0, 0.05) is 33.3 Å². The second-order valence-corrected chi connectivity index (χ2v) is 13.2. The van der Waals surface area contributed by atoms with Gasteiger partial charge >= 0.3 is 0 Å². The van der Waals surface area contributed by atoms with E-state index in [1.807, 2.05) is 27.7 Å². The van der Waals surface area contributed by atoms with Gasteiger partial charge in [-0.15, -0.1) is 11.3 Å². The zero-order chi connectivity index (χ0) is 23.6. The van der Waals surface area contributed by atoms with E-state index in [0.29, 0.717) is 12.2 Å². The molecule has 3 nitrogen and oxygen atoms in total. The maximum atomic E-state index is 12.3. The average molecular weight is 463 g/mol. The van der Waals surface area contributed by atoms with Gasteiger partial charge in [0.25, 0.3) is 0 Å². The Morgan fingerprint density at radius 2 is 1.61 bits per heavy atom. The number of hydrogen-bond acceptors (Lipinski definition) is 4. The highest BCUT2D eigenvalue weighted by Crippen LogP contribution is 2.44. The first-order valence-electron chi connectivity index (χ1n) is 11.1. The Kier molecular flexibility index (Phi) is 7.97. The molecule has 0 saturated heterocycles. The summed E-state index contributed by atoms with van der Waals surface area (Å²) in [4.78, 5) is 14.5. The number of thiophene rings is 1. The molecule has 0 unspecified atom stereocenters. The highest BCUT2D eigenvalue weighted by atomic mass is 32.2. The summed E-state index contributed by atoms with van der Waals surface area (Å²) in [7, 11) is -3.06. The Morgan fingerprint density at radius 1 is 1.00 bits per heavy atom. The van der Waals surface area contributed by atoms with Gasteiger partial charge in [-0.1, -0.05) is 52.8 Å². The molecule has 0 radical (unpaired) electrons. The SMILES string of the molecule is CCC(CC)(c1ccc(CCC(=O)C(C)(C)C)c(C)c1)c1cc(C)c(CS(C)(=O)=O)s1. The zero-order valence-corrected chi connectivity index (χ0v) is 22.0. The third-order valence-corrected chi connectivity index (χ3v) is 8.88. The molecule has 0 atom stereocenters. The van der Waals surface area contributed by atoms with Gasteiger partial charge < -0.3 is 0 Å². The number of carbonyl (C=O) groups is 1. The van der Waals surface area contributed by atoms with Crippen molar-refractivity contribution in [1.29, 1.82) is 0 Å². The molecule has 1 aromatic carbocycles. The lowest BCUT2D eigenvalue weighted by atomic mass is 9.73. The Morgan fingerprint density at radius 3 is 2.10 bits per heavy atom. The largest absolute Gasteiger partial charge is 0.299 e. The Balaban J connectivity index is 2.40. The van der Waals surface area contributed by atoms with Crippen molar-refractivity contribution in [2.45, 2.75) is 85.3 Å². The summed E-state index contributed by atoms with van der Waals surface area (Å²) in [5, 5.41) is 0. The molecule has 5 heteroatoms. The molecule has 0 spiro atoms. The zero-order valence-electron chi connectivity index (χ0n) is 20.4. The van der Waals surface area contributed by atoms with E-state index in [2.05, 4.69) is 45.0 Å². The molecule has 1 heterocycles. The van der Waals surface area contributed by atoms with Crippen LogP contribution in [0.1, 0.15) is 85.9 Å². The second-order valence-electron chi connectivity index (χ2n) is 9.89. The van der Waals surface area contributed by atoms with Gasteiger partial charge in [-0.2, -0.15) is 0 Å². The number of Topliss-reactive ketones (excluding diaryl/α,β-unsaturated/α-hetero) is 1. The van der Waals surface area contributed by atoms with Crippen LogP contribution in [-0.2, 0) is 32.2 Å². The summed E-state index contributed by atoms with van der Waals surface area (Å²) in [5.41, 5.74) is 4.35. The van der Waals surface area contributed by atoms with E-state index in [9.17, 15) is 13.2 Å². The summed E-state index contributed by atoms with van der Waals surface area (Å²) in [5.74, 6) is 0.396. The molecule has 1 aromatic heterocycles. The molecule has 0 amide bonds. The first-order chi connectivity index (χ1) is 14.2. The van der Waals surface area contributed by atoms with E-state index in [-0.39, 0.29) is 16.6 Å². The number of hydrogen-bond donors (Lipinski definition) is 0. The molecule has 0 N–H and O–H groups in total. The Bertz CT molecular complexity index is 1030. The van der Waals surface area contributed by atoms with E-state index in [0.717, 1.165) is 29.7 Å². The first kappa shape index (κ1) is 25.8. The normalized spacial score (nSPS) is 12.9. The van der Waals surface area contributed by atoms with Crippen molar-refractivity contribution >= 4 is 27.0 Å². The number of carbonyl (C=O) groups excluding carboxylic acids is 1. The van der Waals surface area contributed by atoms with Crippen LogP contribution < -0.4 is 0 Å². The Hall–Kier alpha value is -1.46.